The van der Waals surface area contributed by atoms with Gasteiger partial charge in [0, 0.05) is 43.8 Å². The Bertz CT molecular complexity index is 1470. The predicted octanol–water partition coefficient (Wildman–Crippen LogP) is 2.00. The topological polar surface area (TPSA) is 104 Å². The van der Waals surface area contributed by atoms with E-state index in [2.05, 4.69) is 9.97 Å². The number of nitrogens with zero attached hydrogens (tertiary/aromatic N) is 6. The number of aromatic nitrogens is 5. The van der Waals surface area contributed by atoms with Crippen molar-refractivity contribution in [2.24, 2.45) is 12.8 Å². The van der Waals surface area contributed by atoms with E-state index in [1.807, 2.05) is 74.5 Å². The fourth-order valence-corrected chi connectivity index (χ4v) is 4.46. The van der Waals surface area contributed by atoms with Crippen LogP contribution in [0, 0.1) is 6.92 Å². The smallest absolute Gasteiger partial charge is 0.332 e. The molecule has 4 rings (SSSR count). The summed E-state index contributed by atoms with van der Waals surface area (Å²) in [6, 6.07) is 9.85. The van der Waals surface area contributed by atoms with Gasteiger partial charge in [-0.25, -0.2) is 4.79 Å². The third kappa shape index (κ3) is 4.04. The molecule has 0 aliphatic carbocycles. The quantitative estimate of drug-likeness (QED) is 0.483. The van der Waals surface area contributed by atoms with E-state index >= 15 is 0 Å². The minimum atomic E-state index is -0.449. The maximum Gasteiger partial charge on any atom is 0.332 e. The van der Waals surface area contributed by atoms with Crippen molar-refractivity contribution in [1.82, 2.24) is 23.7 Å². The highest BCUT2D eigenvalue weighted by Crippen LogP contribution is 2.21. The minimum absolute atomic E-state index is 0.0829. The largest absolute Gasteiger partial charge is 0.343 e. The van der Waals surface area contributed by atoms with Gasteiger partial charge < -0.3 is 15.2 Å². The third-order valence-electron chi connectivity index (χ3n) is 5.77. The molecule has 33 heavy (non-hydrogen) atoms. The normalized spacial score (nSPS) is 12.1. The van der Waals surface area contributed by atoms with Gasteiger partial charge >= 0.3 is 5.69 Å². The second-order valence-electron chi connectivity index (χ2n) is 9.34. The highest BCUT2D eigenvalue weighted by Gasteiger charge is 2.24. The molecule has 174 valence electrons. The Morgan fingerprint density at radius 1 is 1.12 bits per heavy atom. The molecule has 0 fully saturated rings. The molecule has 0 aliphatic heterocycles. The van der Waals surface area contributed by atoms with Gasteiger partial charge in [-0.2, -0.15) is 4.98 Å². The maximum atomic E-state index is 13.6. The van der Waals surface area contributed by atoms with Crippen molar-refractivity contribution in [3.05, 3.63) is 62.6 Å². The fraction of sp³-hybridized carbons (Fsp3) is 0.417. The number of anilines is 1. The fourth-order valence-electron chi connectivity index (χ4n) is 4.46. The number of benzene rings is 1. The molecule has 3 heterocycles. The molecule has 0 spiro atoms. The first-order valence-electron chi connectivity index (χ1n) is 11.1. The van der Waals surface area contributed by atoms with Crippen LogP contribution in [0.15, 0.2) is 39.9 Å². The van der Waals surface area contributed by atoms with Crippen molar-refractivity contribution in [1.29, 1.82) is 0 Å². The van der Waals surface area contributed by atoms with Gasteiger partial charge in [0.05, 0.1) is 12.2 Å². The van der Waals surface area contributed by atoms with Crippen LogP contribution in [0.5, 0.6) is 0 Å². The summed E-state index contributed by atoms with van der Waals surface area (Å²) in [6.07, 6.45) is 0. The SMILES string of the molecule is CCn1c(N(C)CC(C)(C)N)nc2c1c(=O)n(Cc1nc(C)cc3ccccc13)c(=O)n2C. The van der Waals surface area contributed by atoms with Crippen molar-refractivity contribution in [2.45, 2.75) is 46.3 Å². The van der Waals surface area contributed by atoms with Crippen LogP contribution >= 0.6 is 0 Å². The summed E-state index contributed by atoms with van der Waals surface area (Å²) in [5.74, 6) is 0.606. The molecule has 0 bridgehead atoms. The first kappa shape index (κ1) is 22.7. The number of rotatable bonds is 6. The molecule has 0 radical (unpaired) electrons. The minimum Gasteiger partial charge on any atom is -0.343 e. The Morgan fingerprint density at radius 2 is 1.82 bits per heavy atom. The van der Waals surface area contributed by atoms with Gasteiger partial charge in [0.15, 0.2) is 11.2 Å². The number of fused-ring (bicyclic) bond motifs is 2. The molecule has 0 saturated heterocycles. The van der Waals surface area contributed by atoms with E-state index in [-0.39, 0.29) is 12.1 Å². The molecule has 4 aromatic rings. The van der Waals surface area contributed by atoms with Crippen molar-refractivity contribution in [3.63, 3.8) is 0 Å². The zero-order valence-electron chi connectivity index (χ0n) is 20.1. The number of pyridine rings is 1. The summed E-state index contributed by atoms with van der Waals surface area (Å²) in [7, 11) is 3.54. The molecule has 0 atom stereocenters. The van der Waals surface area contributed by atoms with E-state index in [9.17, 15) is 9.59 Å². The van der Waals surface area contributed by atoms with Crippen molar-refractivity contribution in [2.75, 3.05) is 18.5 Å². The predicted molar refractivity (Wildman–Crippen MR) is 132 cm³/mol. The van der Waals surface area contributed by atoms with E-state index in [0.717, 1.165) is 16.5 Å². The molecule has 2 N–H and O–H groups in total. The van der Waals surface area contributed by atoms with E-state index in [4.69, 9.17) is 5.73 Å². The van der Waals surface area contributed by atoms with Crippen LogP contribution in [0.4, 0.5) is 5.95 Å². The average molecular weight is 450 g/mol. The number of hydrogen-bond acceptors (Lipinski definition) is 6. The Hall–Kier alpha value is -3.46. The summed E-state index contributed by atoms with van der Waals surface area (Å²) >= 11 is 0. The van der Waals surface area contributed by atoms with Crippen LogP contribution in [0.2, 0.25) is 0 Å². The number of likely N-dealkylation sites (N-methyl/N-ethyl adjacent to an activating group) is 1. The molecule has 0 saturated carbocycles. The second kappa shape index (κ2) is 8.15. The van der Waals surface area contributed by atoms with Crippen LogP contribution in [0.25, 0.3) is 21.9 Å². The second-order valence-corrected chi connectivity index (χ2v) is 9.34. The van der Waals surface area contributed by atoms with E-state index in [0.29, 0.717) is 35.9 Å². The monoisotopic (exact) mass is 449 g/mol. The standard InChI is InChI=1S/C24H31N7O2/c1-7-30-19-20(27-22(30)28(5)14-24(3,4)25)29(6)23(33)31(21(19)32)13-18-17-11-9-8-10-16(17)12-15(2)26-18/h8-12H,7,13-14,25H2,1-6H3. The first-order valence-corrected chi connectivity index (χ1v) is 11.1. The number of hydrogen-bond donors (Lipinski definition) is 1. The maximum absolute atomic E-state index is 13.6. The molecule has 1 aromatic carbocycles. The van der Waals surface area contributed by atoms with E-state index in [1.54, 1.807) is 7.05 Å². The van der Waals surface area contributed by atoms with Crippen molar-refractivity contribution >= 4 is 27.9 Å². The van der Waals surface area contributed by atoms with Gasteiger partial charge in [0.2, 0.25) is 5.95 Å². The number of imidazole rings is 1. The molecule has 9 nitrogen and oxygen atoms in total. The lowest BCUT2D eigenvalue weighted by Gasteiger charge is -2.27. The Labute approximate surface area is 192 Å². The van der Waals surface area contributed by atoms with Crippen molar-refractivity contribution < 1.29 is 0 Å². The van der Waals surface area contributed by atoms with Gasteiger partial charge in [-0.1, -0.05) is 24.3 Å². The molecular weight excluding hydrogens is 418 g/mol. The lowest BCUT2D eigenvalue weighted by atomic mass is 10.1. The molecular formula is C24H31N7O2. The zero-order valence-corrected chi connectivity index (χ0v) is 20.1. The summed E-state index contributed by atoms with van der Waals surface area (Å²) in [4.78, 5) is 38.1. The summed E-state index contributed by atoms with van der Waals surface area (Å²) in [6.45, 7) is 8.88. The van der Waals surface area contributed by atoms with Crippen LogP contribution in [-0.2, 0) is 20.1 Å². The molecule has 0 unspecified atom stereocenters. The Morgan fingerprint density at radius 3 is 2.48 bits per heavy atom. The van der Waals surface area contributed by atoms with Gasteiger partial charge in [0.1, 0.15) is 0 Å². The van der Waals surface area contributed by atoms with Gasteiger partial charge in [-0.3, -0.25) is 18.9 Å². The summed E-state index contributed by atoms with van der Waals surface area (Å²) < 4.78 is 4.54. The van der Waals surface area contributed by atoms with E-state index in [1.165, 1.54) is 9.13 Å². The van der Waals surface area contributed by atoms with Gasteiger partial charge in [-0.05, 0) is 39.1 Å². The lowest BCUT2D eigenvalue weighted by Crippen LogP contribution is -2.44. The van der Waals surface area contributed by atoms with E-state index < -0.39 is 11.2 Å². The summed E-state index contributed by atoms with van der Waals surface area (Å²) in [5.41, 5.74) is 7.24. The van der Waals surface area contributed by atoms with Gasteiger partial charge in [-0.15, -0.1) is 0 Å². The average Bonchev–Trinajstić information content (AvgIpc) is 3.14. The van der Waals surface area contributed by atoms with Crippen LogP contribution in [0.3, 0.4) is 0 Å². The van der Waals surface area contributed by atoms with Crippen LogP contribution < -0.4 is 21.9 Å². The van der Waals surface area contributed by atoms with Crippen molar-refractivity contribution in [3.8, 4) is 0 Å². The summed E-state index contributed by atoms with van der Waals surface area (Å²) in [5, 5.41) is 1.95. The third-order valence-corrected chi connectivity index (χ3v) is 5.77. The Balaban J connectivity index is 1.93. The lowest BCUT2D eigenvalue weighted by molar-refractivity contribution is 0.512. The number of aryl methyl sites for hydroxylation is 3. The van der Waals surface area contributed by atoms with Gasteiger partial charge in [0.25, 0.3) is 5.56 Å². The van der Waals surface area contributed by atoms with Crippen LogP contribution in [0.1, 0.15) is 32.2 Å². The Kier molecular flexibility index (Phi) is 5.61. The molecule has 9 heteroatoms. The highest BCUT2D eigenvalue weighted by molar-refractivity contribution is 5.85. The first-order chi connectivity index (χ1) is 15.5. The molecule has 0 aliphatic rings. The zero-order chi connectivity index (χ0) is 24.1. The molecule has 3 aromatic heterocycles. The molecule has 0 amide bonds. The number of nitrogens with two attached hydrogens (primary N) is 1. The highest BCUT2D eigenvalue weighted by atomic mass is 16.2. The van der Waals surface area contributed by atoms with Crippen LogP contribution in [-0.4, -0.2) is 42.8 Å².